The molecule has 3 heterocycles. The number of nitrogens with zero attached hydrogens (tertiary/aromatic N) is 4. The predicted octanol–water partition coefficient (Wildman–Crippen LogP) is 5.06. The van der Waals surface area contributed by atoms with Gasteiger partial charge in [-0.1, -0.05) is 18.1 Å². The fourth-order valence-corrected chi connectivity index (χ4v) is 3.20. The minimum absolute atomic E-state index is 0.00926. The van der Waals surface area contributed by atoms with Crippen molar-refractivity contribution in [1.29, 1.82) is 0 Å². The highest BCUT2D eigenvalue weighted by Gasteiger charge is 2.37. The van der Waals surface area contributed by atoms with Crippen LogP contribution in [0, 0.1) is 12.3 Å². The van der Waals surface area contributed by atoms with Crippen molar-refractivity contribution in [3.63, 3.8) is 0 Å². The summed E-state index contributed by atoms with van der Waals surface area (Å²) in [6.45, 7) is 0. The second-order valence-electron chi connectivity index (χ2n) is 6.66. The van der Waals surface area contributed by atoms with Crippen LogP contribution >= 0.6 is 0 Å². The van der Waals surface area contributed by atoms with E-state index in [0.29, 0.717) is 11.8 Å². The summed E-state index contributed by atoms with van der Waals surface area (Å²) in [4.78, 5) is 7.86. The standard InChI is InChI=1S/C21H11F6N5/c1-2-13-17(15(21(25,26)27)10-29-18(13)28)14-9-30-32-8-7-16(31-19(14)32)11-3-5-12(6-4-11)20(22,23)24/h1,3-10H,(H2,28,29). The molecule has 0 atom stereocenters. The van der Waals surface area contributed by atoms with Crippen LogP contribution in [0.2, 0.25) is 0 Å². The lowest BCUT2D eigenvalue weighted by Crippen LogP contribution is -2.11. The zero-order valence-electron chi connectivity index (χ0n) is 15.8. The number of nitrogen functional groups attached to an aromatic ring is 1. The van der Waals surface area contributed by atoms with E-state index in [4.69, 9.17) is 12.2 Å². The maximum atomic E-state index is 13.7. The first kappa shape index (κ1) is 21.2. The van der Waals surface area contributed by atoms with Gasteiger partial charge in [-0.15, -0.1) is 6.42 Å². The normalized spacial score (nSPS) is 12.2. The quantitative estimate of drug-likeness (QED) is 0.345. The molecule has 5 nitrogen and oxygen atoms in total. The van der Waals surface area contributed by atoms with Crippen molar-refractivity contribution in [1.82, 2.24) is 19.6 Å². The molecular formula is C21H11F6N5. The molecule has 0 spiro atoms. The smallest absolute Gasteiger partial charge is 0.383 e. The summed E-state index contributed by atoms with van der Waals surface area (Å²) in [5, 5.41) is 4.01. The summed E-state index contributed by atoms with van der Waals surface area (Å²) in [6, 6.07) is 5.69. The van der Waals surface area contributed by atoms with Gasteiger partial charge in [0.15, 0.2) is 5.65 Å². The van der Waals surface area contributed by atoms with Crippen LogP contribution in [0.25, 0.3) is 28.0 Å². The zero-order valence-corrected chi connectivity index (χ0v) is 15.8. The van der Waals surface area contributed by atoms with E-state index < -0.39 is 29.0 Å². The molecule has 0 fully saturated rings. The molecule has 0 saturated carbocycles. The van der Waals surface area contributed by atoms with Gasteiger partial charge in [-0.05, 0) is 18.2 Å². The number of pyridine rings is 1. The minimum atomic E-state index is -4.79. The third-order valence-corrected chi connectivity index (χ3v) is 4.70. The number of halogens is 6. The largest absolute Gasteiger partial charge is 0.418 e. The summed E-state index contributed by atoms with van der Waals surface area (Å²) in [5.74, 6) is 1.87. The van der Waals surface area contributed by atoms with Crippen molar-refractivity contribution in [2.45, 2.75) is 12.4 Å². The molecule has 0 aliphatic carbocycles. The fourth-order valence-electron chi connectivity index (χ4n) is 3.20. The van der Waals surface area contributed by atoms with Gasteiger partial charge in [-0.25, -0.2) is 14.5 Å². The highest BCUT2D eigenvalue weighted by atomic mass is 19.4. The monoisotopic (exact) mass is 447 g/mol. The van der Waals surface area contributed by atoms with E-state index in [1.54, 1.807) is 0 Å². The molecular weight excluding hydrogens is 436 g/mol. The Labute approximate surface area is 176 Å². The van der Waals surface area contributed by atoms with Gasteiger partial charge in [0.1, 0.15) is 5.82 Å². The Bertz CT molecular complexity index is 1360. The number of aromatic nitrogens is 4. The number of terminal acetylenes is 1. The molecule has 1 aromatic carbocycles. The molecule has 4 aromatic rings. The molecule has 162 valence electrons. The molecule has 3 aromatic heterocycles. The fraction of sp³-hybridized carbons (Fsp3) is 0.0952. The molecule has 4 rings (SSSR count). The van der Waals surface area contributed by atoms with E-state index >= 15 is 0 Å². The lowest BCUT2D eigenvalue weighted by atomic mass is 9.97. The zero-order chi connectivity index (χ0) is 23.3. The van der Waals surface area contributed by atoms with Gasteiger partial charge in [0, 0.05) is 29.1 Å². The van der Waals surface area contributed by atoms with Crippen LogP contribution in [0.3, 0.4) is 0 Å². The summed E-state index contributed by atoms with van der Waals surface area (Å²) >= 11 is 0. The lowest BCUT2D eigenvalue weighted by Gasteiger charge is -2.15. The Balaban J connectivity index is 1.92. The first-order valence-corrected chi connectivity index (χ1v) is 8.85. The molecule has 0 radical (unpaired) electrons. The van der Waals surface area contributed by atoms with Crippen LogP contribution in [-0.4, -0.2) is 19.6 Å². The van der Waals surface area contributed by atoms with Crippen LogP contribution in [0.15, 0.2) is 48.9 Å². The van der Waals surface area contributed by atoms with Crippen molar-refractivity contribution in [2.24, 2.45) is 0 Å². The van der Waals surface area contributed by atoms with Crippen LogP contribution in [-0.2, 0) is 12.4 Å². The van der Waals surface area contributed by atoms with Crippen molar-refractivity contribution < 1.29 is 26.3 Å². The number of hydrogen-bond donors (Lipinski definition) is 1. The van der Waals surface area contributed by atoms with E-state index in [9.17, 15) is 26.3 Å². The lowest BCUT2D eigenvalue weighted by molar-refractivity contribution is -0.138. The van der Waals surface area contributed by atoms with Gasteiger partial charge >= 0.3 is 12.4 Å². The number of anilines is 1. The van der Waals surface area contributed by atoms with Crippen molar-refractivity contribution in [3.8, 4) is 34.7 Å². The SMILES string of the molecule is C#Cc1c(N)ncc(C(F)(F)F)c1-c1cnn2ccc(-c3ccc(C(F)(F)F)cc3)nc12. The third kappa shape index (κ3) is 3.60. The molecule has 32 heavy (non-hydrogen) atoms. The molecule has 2 N–H and O–H groups in total. The summed E-state index contributed by atoms with van der Waals surface area (Å²) in [7, 11) is 0. The van der Waals surface area contributed by atoms with Crippen LogP contribution in [0.5, 0.6) is 0 Å². The van der Waals surface area contributed by atoms with Gasteiger partial charge in [-0.2, -0.15) is 31.4 Å². The van der Waals surface area contributed by atoms with Crippen molar-refractivity contribution in [3.05, 3.63) is 65.6 Å². The van der Waals surface area contributed by atoms with Crippen LogP contribution < -0.4 is 5.73 Å². The Morgan fingerprint density at radius 2 is 1.62 bits per heavy atom. The summed E-state index contributed by atoms with van der Waals surface area (Å²) < 4.78 is 80.7. The number of nitrogens with two attached hydrogens (primary N) is 1. The number of fused-ring (bicyclic) bond motifs is 1. The van der Waals surface area contributed by atoms with E-state index in [1.165, 1.54) is 28.9 Å². The number of hydrogen-bond acceptors (Lipinski definition) is 4. The second-order valence-corrected chi connectivity index (χ2v) is 6.66. The molecule has 0 aliphatic rings. The maximum Gasteiger partial charge on any atom is 0.418 e. The predicted molar refractivity (Wildman–Crippen MR) is 104 cm³/mol. The molecule has 0 unspecified atom stereocenters. The Kier molecular flexibility index (Phi) is 4.81. The van der Waals surface area contributed by atoms with E-state index in [0.717, 1.165) is 18.3 Å². The first-order chi connectivity index (χ1) is 15.0. The third-order valence-electron chi connectivity index (χ3n) is 4.70. The minimum Gasteiger partial charge on any atom is -0.383 e. The highest BCUT2D eigenvalue weighted by Crippen LogP contribution is 2.41. The van der Waals surface area contributed by atoms with Gasteiger partial charge in [0.05, 0.1) is 28.6 Å². The highest BCUT2D eigenvalue weighted by molar-refractivity contribution is 5.87. The number of alkyl halides is 6. The number of benzene rings is 1. The Hall–Kier alpha value is -4.07. The molecule has 0 aliphatic heterocycles. The summed E-state index contributed by atoms with van der Waals surface area (Å²) in [5.41, 5.74) is 3.60. The summed E-state index contributed by atoms with van der Waals surface area (Å²) in [6.07, 6.45) is -0.731. The maximum absolute atomic E-state index is 13.7. The Morgan fingerprint density at radius 1 is 0.938 bits per heavy atom. The van der Waals surface area contributed by atoms with Gasteiger partial charge in [0.2, 0.25) is 0 Å². The molecule has 0 bridgehead atoms. The van der Waals surface area contributed by atoms with Crippen LogP contribution in [0.1, 0.15) is 16.7 Å². The van der Waals surface area contributed by atoms with Gasteiger partial charge in [0.25, 0.3) is 0 Å². The van der Waals surface area contributed by atoms with Crippen molar-refractivity contribution >= 4 is 11.5 Å². The van der Waals surface area contributed by atoms with E-state index in [1.807, 2.05) is 0 Å². The van der Waals surface area contributed by atoms with E-state index in [2.05, 4.69) is 21.0 Å². The number of rotatable bonds is 2. The average Bonchev–Trinajstić information content (AvgIpc) is 3.15. The molecule has 0 amide bonds. The Morgan fingerprint density at radius 3 is 2.22 bits per heavy atom. The van der Waals surface area contributed by atoms with E-state index in [-0.39, 0.29) is 28.3 Å². The first-order valence-electron chi connectivity index (χ1n) is 8.85. The van der Waals surface area contributed by atoms with Gasteiger partial charge in [-0.3, -0.25) is 0 Å². The van der Waals surface area contributed by atoms with Crippen molar-refractivity contribution in [2.75, 3.05) is 5.73 Å². The molecule has 11 heteroatoms. The topological polar surface area (TPSA) is 69.1 Å². The van der Waals surface area contributed by atoms with Gasteiger partial charge < -0.3 is 5.73 Å². The average molecular weight is 447 g/mol. The second kappa shape index (κ2) is 7.26. The van der Waals surface area contributed by atoms with Crippen LogP contribution in [0.4, 0.5) is 32.2 Å². The molecule has 0 saturated heterocycles.